The molecule has 1 aromatic heterocycles. The number of esters is 1. The second-order valence-electron chi connectivity index (χ2n) is 4.00. The summed E-state index contributed by atoms with van der Waals surface area (Å²) < 4.78 is 31.6. The van der Waals surface area contributed by atoms with Gasteiger partial charge in [-0.25, -0.2) is 13.4 Å². The number of carboxylic acid groups (broad SMARTS) is 1. The summed E-state index contributed by atoms with van der Waals surface area (Å²) >= 11 is 0. The molecule has 112 valence electrons. The molecule has 0 bridgehead atoms. The van der Waals surface area contributed by atoms with Crippen molar-refractivity contribution < 1.29 is 27.9 Å². The van der Waals surface area contributed by atoms with Crippen LogP contribution in [0.15, 0.2) is 17.6 Å². The second kappa shape index (κ2) is 6.48. The van der Waals surface area contributed by atoms with E-state index in [9.17, 15) is 18.0 Å². The highest BCUT2D eigenvalue weighted by Gasteiger charge is 2.27. The van der Waals surface area contributed by atoms with Crippen LogP contribution < -0.4 is 4.72 Å². The second-order valence-corrected chi connectivity index (χ2v) is 5.67. The Labute approximate surface area is 115 Å². The smallest absolute Gasteiger partial charge is 0.321 e. The number of carbonyl (C=O) groups is 2. The predicted molar refractivity (Wildman–Crippen MR) is 66.2 cm³/mol. The molecular weight excluding hydrogens is 290 g/mol. The van der Waals surface area contributed by atoms with Gasteiger partial charge < -0.3 is 14.4 Å². The summed E-state index contributed by atoms with van der Waals surface area (Å²) in [6.45, 7) is 0. The fourth-order valence-corrected chi connectivity index (χ4v) is 2.58. The van der Waals surface area contributed by atoms with Crippen molar-refractivity contribution in [1.29, 1.82) is 0 Å². The number of carbonyl (C=O) groups excluding carboxylic acids is 1. The van der Waals surface area contributed by atoms with Crippen LogP contribution in [-0.2, 0) is 31.4 Å². The van der Waals surface area contributed by atoms with Crippen LogP contribution in [0, 0.1) is 0 Å². The van der Waals surface area contributed by atoms with Gasteiger partial charge in [0, 0.05) is 19.7 Å². The van der Waals surface area contributed by atoms with E-state index >= 15 is 0 Å². The number of aromatic nitrogens is 2. The van der Waals surface area contributed by atoms with Gasteiger partial charge in [0.25, 0.3) is 10.0 Å². The number of nitrogens with one attached hydrogen (secondary N) is 1. The molecule has 0 aliphatic heterocycles. The lowest BCUT2D eigenvalue weighted by molar-refractivity contribution is -0.142. The lowest BCUT2D eigenvalue weighted by atomic mass is 10.2. The molecule has 0 aliphatic carbocycles. The molecule has 1 rings (SSSR count). The molecule has 2 N–H and O–H groups in total. The Balaban J connectivity index is 2.80. The molecule has 0 aliphatic rings. The molecule has 0 saturated carbocycles. The third-order valence-electron chi connectivity index (χ3n) is 2.42. The van der Waals surface area contributed by atoms with Gasteiger partial charge in [-0.2, -0.15) is 4.72 Å². The number of aliphatic carboxylic acids is 1. The van der Waals surface area contributed by atoms with Gasteiger partial charge in [-0.1, -0.05) is 0 Å². The fraction of sp³-hybridized carbons (Fsp3) is 0.500. The highest BCUT2D eigenvalue weighted by atomic mass is 32.2. The number of rotatable bonds is 7. The number of ether oxygens (including phenoxy) is 1. The van der Waals surface area contributed by atoms with Crippen molar-refractivity contribution in [2.24, 2.45) is 7.05 Å². The van der Waals surface area contributed by atoms with Crippen LogP contribution in [0.25, 0.3) is 0 Å². The molecule has 0 fully saturated rings. The number of nitrogens with zero attached hydrogens (tertiary/aromatic N) is 2. The number of sulfonamides is 1. The molecule has 9 nitrogen and oxygen atoms in total. The van der Waals surface area contributed by atoms with Gasteiger partial charge in [-0.05, 0) is 6.42 Å². The molecule has 0 radical (unpaired) electrons. The van der Waals surface area contributed by atoms with Crippen LogP contribution in [0.2, 0.25) is 0 Å². The normalized spacial score (nSPS) is 12.9. The lowest BCUT2D eigenvalue weighted by Gasteiger charge is -2.12. The third-order valence-corrected chi connectivity index (χ3v) is 3.77. The highest BCUT2D eigenvalue weighted by molar-refractivity contribution is 7.89. The maximum Gasteiger partial charge on any atom is 0.321 e. The van der Waals surface area contributed by atoms with E-state index in [-0.39, 0.29) is 17.9 Å². The number of hydrogen-bond acceptors (Lipinski definition) is 6. The first-order valence-corrected chi connectivity index (χ1v) is 7.04. The molecule has 1 aromatic rings. The van der Waals surface area contributed by atoms with E-state index in [0.29, 0.717) is 0 Å². The molecular formula is C10H15N3O6S. The van der Waals surface area contributed by atoms with E-state index in [2.05, 4.69) is 9.72 Å². The first-order valence-electron chi connectivity index (χ1n) is 5.56. The summed E-state index contributed by atoms with van der Waals surface area (Å²) in [6, 6.07) is -1.43. The summed E-state index contributed by atoms with van der Waals surface area (Å²) in [5.41, 5.74) is 0. The Morgan fingerprint density at radius 1 is 1.55 bits per heavy atom. The van der Waals surface area contributed by atoms with Gasteiger partial charge in [0.1, 0.15) is 6.04 Å². The van der Waals surface area contributed by atoms with Crippen molar-refractivity contribution in [3.63, 3.8) is 0 Å². The van der Waals surface area contributed by atoms with Crippen molar-refractivity contribution in [3.8, 4) is 0 Å². The molecule has 20 heavy (non-hydrogen) atoms. The van der Waals surface area contributed by atoms with Gasteiger partial charge in [-0.15, -0.1) is 0 Å². The number of carboxylic acids is 1. The van der Waals surface area contributed by atoms with Crippen LogP contribution >= 0.6 is 0 Å². The average molecular weight is 305 g/mol. The molecule has 10 heteroatoms. The maximum atomic E-state index is 11.9. The maximum absolute atomic E-state index is 11.9. The highest BCUT2D eigenvalue weighted by Crippen LogP contribution is 2.08. The van der Waals surface area contributed by atoms with Crippen LogP contribution in [0.1, 0.15) is 12.8 Å². The number of methoxy groups -OCH3 is 1. The Bertz CT molecular complexity index is 594. The monoisotopic (exact) mass is 305 g/mol. The fourth-order valence-electron chi connectivity index (χ4n) is 1.37. The van der Waals surface area contributed by atoms with E-state index in [0.717, 1.165) is 7.11 Å². The van der Waals surface area contributed by atoms with Crippen molar-refractivity contribution in [1.82, 2.24) is 14.3 Å². The van der Waals surface area contributed by atoms with Gasteiger partial charge in [-0.3, -0.25) is 9.59 Å². The minimum Gasteiger partial charge on any atom is -0.480 e. The molecule has 0 saturated heterocycles. The van der Waals surface area contributed by atoms with Gasteiger partial charge >= 0.3 is 11.9 Å². The van der Waals surface area contributed by atoms with Crippen LogP contribution in [0.4, 0.5) is 0 Å². The number of hydrogen-bond donors (Lipinski definition) is 2. The minimum atomic E-state index is -4.05. The Kier molecular flexibility index (Phi) is 5.22. The van der Waals surface area contributed by atoms with Gasteiger partial charge in [0.15, 0.2) is 5.03 Å². The van der Waals surface area contributed by atoms with E-state index < -0.39 is 28.0 Å². The Hall–Kier alpha value is -1.94. The lowest BCUT2D eigenvalue weighted by Crippen LogP contribution is -2.41. The van der Waals surface area contributed by atoms with Gasteiger partial charge in [0.2, 0.25) is 0 Å². The van der Waals surface area contributed by atoms with Crippen molar-refractivity contribution in [2.45, 2.75) is 23.9 Å². The quantitative estimate of drug-likeness (QED) is 0.625. The van der Waals surface area contributed by atoms with E-state index in [1.165, 1.54) is 17.1 Å². The van der Waals surface area contributed by atoms with Crippen molar-refractivity contribution in [3.05, 3.63) is 12.5 Å². The first kappa shape index (κ1) is 16.1. The predicted octanol–water partition coefficient (Wildman–Crippen LogP) is -0.895. The topological polar surface area (TPSA) is 128 Å². The van der Waals surface area contributed by atoms with Crippen LogP contribution in [0.3, 0.4) is 0 Å². The average Bonchev–Trinajstić information content (AvgIpc) is 2.81. The molecule has 0 spiro atoms. The molecule has 0 amide bonds. The van der Waals surface area contributed by atoms with Crippen LogP contribution in [-0.4, -0.2) is 48.2 Å². The SMILES string of the molecule is COC(=O)CC[C@@H](NS(=O)(=O)c1cn(C)cn1)C(=O)O. The van der Waals surface area contributed by atoms with Crippen molar-refractivity contribution in [2.75, 3.05) is 7.11 Å². The summed E-state index contributed by atoms with van der Waals surface area (Å²) in [5.74, 6) is -2.00. The number of imidazole rings is 1. The zero-order chi connectivity index (χ0) is 15.3. The molecule has 0 aromatic carbocycles. The van der Waals surface area contributed by atoms with E-state index in [1.54, 1.807) is 7.05 Å². The standard InChI is InChI=1S/C10H15N3O6S/c1-13-5-8(11-6-13)20(17,18)12-7(10(15)16)3-4-9(14)19-2/h5-7,12H,3-4H2,1-2H3,(H,15,16)/t7-/m1/s1. The minimum absolute atomic E-state index is 0.210. The zero-order valence-electron chi connectivity index (χ0n) is 10.9. The first-order chi connectivity index (χ1) is 9.26. The Morgan fingerprint density at radius 3 is 2.65 bits per heavy atom. The van der Waals surface area contributed by atoms with Crippen molar-refractivity contribution >= 4 is 22.0 Å². The molecule has 1 atom stereocenters. The van der Waals surface area contributed by atoms with E-state index in [4.69, 9.17) is 5.11 Å². The molecule has 1 heterocycles. The summed E-state index contributed by atoms with van der Waals surface area (Å²) in [5, 5.41) is 8.68. The van der Waals surface area contributed by atoms with E-state index in [1.807, 2.05) is 4.72 Å². The van der Waals surface area contributed by atoms with Gasteiger partial charge in [0.05, 0.1) is 13.4 Å². The van der Waals surface area contributed by atoms with Crippen LogP contribution in [0.5, 0.6) is 0 Å². The summed E-state index contributed by atoms with van der Waals surface area (Å²) in [4.78, 5) is 25.6. The summed E-state index contributed by atoms with van der Waals surface area (Å²) in [7, 11) is -1.31. The zero-order valence-corrected chi connectivity index (χ0v) is 11.8. The largest absolute Gasteiger partial charge is 0.480 e. The summed E-state index contributed by atoms with van der Waals surface area (Å²) in [6.07, 6.45) is 2.09. The molecule has 0 unspecified atom stereocenters. The third kappa shape index (κ3) is 4.31. The Morgan fingerprint density at radius 2 is 2.20 bits per heavy atom. The number of aryl methyl sites for hydroxylation is 1.